The van der Waals surface area contributed by atoms with Crippen molar-refractivity contribution in [2.75, 3.05) is 0 Å². The number of tetrazole rings is 1. The summed E-state index contributed by atoms with van der Waals surface area (Å²) in [6, 6.07) is 0. The highest BCUT2D eigenvalue weighted by atomic mass is 19.4. The fraction of sp³-hybridized carbons (Fsp3) is 0.800. The molecule has 19 heavy (non-hydrogen) atoms. The maximum absolute atomic E-state index is 12.3. The summed E-state index contributed by atoms with van der Waals surface area (Å²) in [6.07, 6.45) is -5.14. The van der Waals surface area contributed by atoms with E-state index in [1.165, 1.54) is 0 Å². The minimum absolute atomic E-state index is 0.173. The van der Waals surface area contributed by atoms with Crippen molar-refractivity contribution < 1.29 is 23.1 Å². The summed E-state index contributed by atoms with van der Waals surface area (Å²) in [5.74, 6) is -1.44. The Hall–Kier alpha value is -1.67. The van der Waals surface area contributed by atoms with Crippen LogP contribution in [-0.4, -0.2) is 37.5 Å². The molecule has 0 atom stereocenters. The van der Waals surface area contributed by atoms with Crippen LogP contribution in [0.2, 0.25) is 0 Å². The van der Waals surface area contributed by atoms with E-state index in [0.29, 0.717) is 0 Å². The number of carbonyl (C=O) groups is 1. The number of hydrogen-bond donors (Lipinski definition) is 1. The van der Waals surface area contributed by atoms with E-state index < -0.39 is 24.0 Å². The highest BCUT2D eigenvalue weighted by Crippen LogP contribution is 2.29. The van der Waals surface area contributed by atoms with Gasteiger partial charge in [0.1, 0.15) is 6.42 Å². The average Bonchev–Trinajstić information content (AvgIpc) is 2.70. The maximum atomic E-state index is 12.3. The highest BCUT2D eigenvalue weighted by molar-refractivity contribution is 5.74. The van der Waals surface area contributed by atoms with E-state index in [2.05, 4.69) is 15.5 Å². The lowest BCUT2D eigenvalue weighted by molar-refractivity contribution is -0.150. The lowest BCUT2D eigenvalue weighted by atomic mass is 9.82. The predicted octanol–water partition coefficient (Wildman–Crippen LogP) is 1.67. The number of halogens is 3. The lowest BCUT2D eigenvalue weighted by Crippen LogP contribution is -2.35. The molecule has 1 rings (SSSR count). The van der Waals surface area contributed by atoms with Crippen LogP contribution in [0.1, 0.15) is 32.5 Å². The molecule has 108 valence electrons. The third-order valence-corrected chi connectivity index (χ3v) is 3.22. The van der Waals surface area contributed by atoms with Crippen LogP contribution in [-0.2, 0) is 17.8 Å². The normalized spacial score (nSPS) is 12.7. The predicted molar refractivity (Wildman–Crippen MR) is 58.2 cm³/mol. The molecule has 6 nitrogen and oxygen atoms in total. The molecular weight excluding hydrogens is 265 g/mol. The van der Waals surface area contributed by atoms with Crippen molar-refractivity contribution >= 4 is 5.97 Å². The molecule has 9 heteroatoms. The molecule has 1 aromatic heterocycles. The second kappa shape index (κ2) is 5.54. The van der Waals surface area contributed by atoms with Crippen LogP contribution in [0.3, 0.4) is 0 Å². The fourth-order valence-electron chi connectivity index (χ4n) is 1.78. The van der Waals surface area contributed by atoms with E-state index in [9.17, 15) is 23.1 Å². The maximum Gasteiger partial charge on any atom is 0.396 e. The van der Waals surface area contributed by atoms with Crippen molar-refractivity contribution in [3.8, 4) is 0 Å². The summed E-state index contributed by atoms with van der Waals surface area (Å²) in [6.45, 7) is 3.17. The van der Waals surface area contributed by atoms with Gasteiger partial charge in [-0.15, -0.1) is 5.10 Å². The van der Waals surface area contributed by atoms with Crippen molar-refractivity contribution in [1.29, 1.82) is 0 Å². The number of carboxylic acids is 1. The van der Waals surface area contributed by atoms with Gasteiger partial charge in [-0.25, -0.2) is 4.68 Å². The lowest BCUT2D eigenvalue weighted by Gasteiger charge is -2.26. The first-order valence-corrected chi connectivity index (χ1v) is 5.79. The van der Waals surface area contributed by atoms with E-state index in [0.717, 1.165) is 4.68 Å². The molecule has 0 unspecified atom stereocenters. The molecule has 0 aliphatic rings. The van der Waals surface area contributed by atoms with Crippen molar-refractivity contribution in [2.45, 2.75) is 45.8 Å². The Balaban J connectivity index is 2.99. The zero-order chi connectivity index (χ0) is 14.7. The van der Waals surface area contributed by atoms with Gasteiger partial charge in [-0.2, -0.15) is 13.2 Å². The first kappa shape index (κ1) is 15.4. The first-order chi connectivity index (χ1) is 8.74. The molecule has 0 fully saturated rings. The Morgan fingerprint density at radius 1 is 1.32 bits per heavy atom. The van der Waals surface area contributed by atoms with Gasteiger partial charge in [0.05, 0.1) is 12.0 Å². The van der Waals surface area contributed by atoms with Crippen LogP contribution >= 0.6 is 0 Å². The van der Waals surface area contributed by atoms with Crippen LogP contribution in [0, 0.1) is 5.41 Å². The van der Waals surface area contributed by atoms with Gasteiger partial charge in [-0.05, 0) is 23.3 Å². The van der Waals surface area contributed by atoms with Crippen molar-refractivity contribution in [1.82, 2.24) is 20.2 Å². The molecule has 1 N–H and O–H groups in total. The Labute approximate surface area is 107 Å². The zero-order valence-electron chi connectivity index (χ0n) is 10.6. The van der Waals surface area contributed by atoms with Gasteiger partial charge in [0, 0.05) is 0 Å². The summed E-state index contributed by atoms with van der Waals surface area (Å²) < 4.78 is 37.9. The number of aliphatic carboxylic acids is 1. The van der Waals surface area contributed by atoms with Crippen LogP contribution in [0.5, 0.6) is 0 Å². The first-order valence-electron chi connectivity index (χ1n) is 5.79. The summed E-state index contributed by atoms with van der Waals surface area (Å²) in [4.78, 5) is 11.3. The van der Waals surface area contributed by atoms with Crippen molar-refractivity contribution in [2.24, 2.45) is 5.41 Å². The summed E-state index contributed by atoms with van der Waals surface area (Å²) in [5.41, 5.74) is -1.16. The zero-order valence-corrected chi connectivity index (χ0v) is 10.6. The van der Waals surface area contributed by atoms with E-state index >= 15 is 0 Å². The minimum Gasteiger partial charge on any atom is -0.481 e. The van der Waals surface area contributed by atoms with Gasteiger partial charge in [-0.3, -0.25) is 4.79 Å². The molecule has 0 saturated heterocycles. The van der Waals surface area contributed by atoms with Crippen LogP contribution in [0.15, 0.2) is 0 Å². The Morgan fingerprint density at radius 2 is 1.89 bits per heavy atom. The molecule has 0 saturated carbocycles. The van der Waals surface area contributed by atoms with Crippen LogP contribution in [0.25, 0.3) is 0 Å². The van der Waals surface area contributed by atoms with E-state index in [1.54, 1.807) is 13.8 Å². The van der Waals surface area contributed by atoms with Gasteiger partial charge >= 0.3 is 12.1 Å². The Morgan fingerprint density at radius 3 is 2.32 bits per heavy atom. The van der Waals surface area contributed by atoms with E-state index in [-0.39, 0.29) is 25.2 Å². The van der Waals surface area contributed by atoms with E-state index in [4.69, 9.17) is 0 Å². The number of hydrogen-bond acceptors (Lipinski definition) is 4. The molecular formula is C10H15F3N4O2. The molecule has 1 heterocycles. The van der Waals surface area contributed by atoms with E-state index in [1.807, 2.05) is 0 Å². The van der Waals surface area contributed by atoms with Crippen LogP contribution in [0.4, 0.5) is 13.2 Å². The Kier molecular flexibility index (Phi) is 4.48. The van der Waals surface area contributed by atoms with Gasteiger partial charge in [0.15, 0.2) is 5.82 Å². The van der Waals surface area contributed by atoms with Gasteiger partial charge in [0.2, 0.25) is 0 Å². The quantitative estimate of drug-likeness (QED) is 0.857. The summed E-state index contributed by atoms with van der Waals surface area (Å²) in [5, 5.41) is 19.2. The minimum atomic E-state index is -4.43. The standard InChI is InChI=1S/C10H15F3N4O2/c1-3-9(4-2,8(18)19)6-17-7(14-15-16-17)5-10(11,12)13/h3-6H2,1-2H3,(H,18,19). The monoisotopic (exact) mass is 280 g/mol. The van der Waals surface area contributed by atoms with Gasteiger partial charge in [0.25, 0.3) is 0 Å². The van der Waals surface area contributed by atoms with Crippen molar-refractivity contribution in [3.05, 3.63) is 5.82 Å². The topological polar surface area (TPSA) is 80.9 Å². The number of rotatable bonds is 6. The Bertz CT molecular complexity index is 440. The highest BCUT2D eigenvalue weighted by Gasteiger charge is 2.38. The van der Waals surface area contributed by atoms with Crippen LogP contribution < -0.4 is 0 Å². The molecule has 0 bridgehead atoms. The smallest absolute Gasteiger partial charge is 0.396 e. The fourth-order valence-corrected chi connectivity index (χ4v) is 1.78. The molecule has 1 aromatic rings. The number of aromatic nitrogens is 4. The molecule has 0 aliphatic heterocycles. The summed E-state index contributed by atoms with van der Waals surface area (Å²) >= 11 is 0. The van der Waals surface area contributed by atoms with Gasteiger partial charge in [-0.1, -0.05) is 13.8 Å². The second-order valence-corrected chi connectivity index (χ2v) is 4.34. The third-order valence-electron chi connectivity index (χ3n) is 3.22. The van der Waals surface area contributed by atoms with Crippen molar-refractivity contribution in [3.63, 3.8) is 0 Å². The molecule has 0 aromatic carbocycles. The largest absolute Gasteiger partial charge is 0.481 e. The number of nitrogens with zero attached hydrogens (tertiary/aromatic N) is 4. The average molecular weight is 280 g/mol. The second-order valence-electron chi connectivity index (χ2n) is 4.34. The number of alkyl halides is 3. The molecule has 0 radical (unpaired) electrons. The third kappa shape index (κ3) is 3.65. The number of carboxylic acid groups (broad SMARTS) is 1. The molecule has 0 amide bonds. The molecule has 0 aliphatic carbocycles. The van der Waals surface area contributed by atoms with Gasteiger partial charge < -0.3 is 5.11 Å². The SMILES string of the molecule is CCC(CC)(Cn1nnnc1CC(F)(F)F)C(=O)O. The molecule has 0 spiro atoms. The summed E-state index contributed by atoms with van der Waals surface area (Å²) in [7, 11) is 0.